The van der Waals surface area contributed by atoms with Crippen LogP contribution in [-0.4, -0.2) is 16.3 Å². The summed E-state index contributed by atoms with van der Waals surface area (Å²) in [5, 5.41) is 7.20. The molecule has 1 aliphatic heterocycles. The van der Waals surface area contributed by atoms with E-state index in [2.05, 4.69) is 10.4 Å². The summed E-state index contributed by atoms with van der Waals surface area (Å²) in [6.45, 7) is 1.60. The molecule has 0 fully saturated rings. The number of rotatable bonds is 3. The fourth-order valence-electron chi connectivity index (χ4n) is 2.51. The van der Waals surface area contributed by atoms with Crippen LogP contribution < -0.4 is 5.32 Å². The molecule has 0 aliphatic carbocycles. The van der Waals surface area contributed by atoms with Crippen molar-refractivity contribution in [3.8, 4) is 0 Å². The number of hydrogen-bond acceptors (Lipinski definition) is 2. The molecule has 7 heteroatoms. The van der Waals surface area contributed by atoms with E-state index in [1.807, 2.05) is 0 Å². The first-order valence-electron chi connectivity index (χ1n) is 6.47. The van der Waals surface area contributed by atoms with Crippen molar-refractivity contribution in [3.05, 3.63) is 52.6 Å². The Morgan fingerprint density at radius 3 is 2.62 bits per heavy atom. The first-order valence-corrected chi connectivity index (χ1v) is 6.47. The summed E-state index contributed by atoms with van der Waals surface area (Å²) in [5.41, 5.74) is 2.17. The van der Waals surface area contributed by atoms with Gasteiger partial charge < -0.3 is 5.32 Å². The monoisotopic (exact) mass is 317 g/mol. The summed E-state index contributed by atoms with van der Waals surface area (Å²) >= 11 is 0. The zero-order valence-corrected chi connectivity index (χ0v) is 12.0. The Balaban J connectivity index is 0.00000161. The maximum atomic E-state index is 13.0. The van der Waals surface area contributed by atoms with Gasteiger partial charge in [-0.25, -0.2) is 13.2 Å². The summed E-state index contributed by atoms with van der Waals surface area (Å²) in [5.74, 6) is -0.314. The van der Waals surface area contributed by atoms with Crippen molar-refractivity contribution in [1.82, 2.24) is 15.1 Å². The second kappa shape index (κ2) is 6.49. The van der Waals surface area contributed by atoms with Crippen LogP contribution in [-0.2, 0) is 19.5 Å². The van der Waals surface area contributed by atoms with E-state index >= 15 is 0 Å². The number of benzene rings is 1. The number of halogens is 4. The van der Waals surface area contributed by atoms with Gasteiger partial charge in [-0.2, -0.15) is 5.10 Å². The molecule has 0 bridgehead atoms. The Kier molecular flexibility index (Phi) is 4.90. The molecular weight excluding hydrogens is 303 g/mol. The first kappa shape index (κ1) is 15.9. The number of alkyl halides is 2. The third kappa shape index (κ3) is 3.22. The smallest absolute Gasteiger partial charge is 0.282 e. The largest absolute Gasteiger partial charge is 0.311 e. The van der Waals surface area contributed by atoms with Gasteiger partial charge in [0, 0.05) is 12.1 Å². The van der Waals surface area contributed by atoms with Crippen molar-refractivity contribution in [2.24, 2.45) is 0 Å². The van der Waals surface area contributed by atoms with Gasteiger partial charge in [0.05, 0.1) is 12.2 Å². The molecule has 1 aromatic heterocycles. The van der Waals surface area contributed by atoms with Gasteiger partial charge in [0.1, 0.15) is 11.5 Å². The molecule has 2 heterocycles. The van der Waals surface area contributed by atoms with Gasteiger partial charge in [0.25, 0.3) is 6.43 Å². The van der Waals surface area contributed by atoms with Gasteiger partial charge in [-0.1, -0.05) is 12.1 Å². The van der Waals surface area contributed by atoms with E-state index in [-0.39, 0.29) is 23.9 Å². The number of nitrogens with one attached hydrogen (secondary N) is 1. The number of fused-ring (bicyclic) bond motifs is 1. The third-order valence-electron chi connectivity index (χ3n) is 3.49. The quantitative estimate of drug-likeness (QED) is 0.943. The predicted molar refractivity (Wildman–Crippen MR) is 75.3 cm³/mol. The maximum Gasteiger partial charge on any atom is 0.282 e. The van der Waals surface area contributed by atoms with Crippen LogP contribution in [0.15, 0.2) is 24.3 Å². The first-order chi connectivity index (χ1) is 9.65. The number of hydrogen-bond donors (Lipinski definition) is 1. The van der Waals surface area contributed by atoms with Crippen LogP contribution in [0, 0.1) is 5.82 Å². The fraction of sp³-hybridized carbons (Fsp3) is 0.357. The summed E-state index contributed by atoms with van der Waals surface area (Å²) in [6.07, 6.45) is -1.99. The molecule has 0 amide bonds. The Morgan fingerprint density at radius 1 is 1.24 bits per heavy atom. The average Bonchev–Trinajstić information content (AvgIpc) is 2.81. The lowest BCUT2D eigenvalue weighted by Crippen LogP contribution is -2.25. The van der Waals surface area contributed by atoms with Gasteiger partial charge in [-0.15, -0.1) is 12.4 Å². The normalized spacial score (nSPS) is 13.9. The van der Waals surface area contributed by atoms with E-state index in [1.54, 1.807) is 16.8 Å². The highest BCUT2D eigenvalue weighted by Crippen LogP contribution is 2.27. The Hall–Kier alpha value is -1.53. The Morgan fingerprint density at radius 2 is 1.95 bits per heavy atom. The molecule has 0 atom stereocenters. The zero-order chi connectivity index (χ0) is 14.1. The molecule has 1 aromatic carbocycles. The van der Waals surface area contributed by atoms with E-state index < -0.39 is 6.43 Å². The molecule has 0 unspecified atom stereocenters. The second-order valence-corrected chi connectivity index (χ2v) is 4.82. The van der Waals surface area contributed by atoms with Crippen molar-refractivity contribution < 1.29 is 13.2 Å². The van der Waals surface area contributed by atoms with Gasteiger partial charge >= 0.3 is 0 Å². The molecule has 0 spiro atoms. The highest BCUT2D eigenvalue weighted by molar-refractivity contribution is 5.85. The average molecular weight is 318 g/mol. The van der Waals surface area contributed by atoms with Crippen molar-refractivity contribution in [2.75, 3.05) is 6.54 Å². The zero-order valence-electron chi connectivity index (χ0n) is 11.2. The van der Waals surface area contributed by atoms with Crippen LogP contribution in [0.1, 0.15) is 28.9 Å². The molecule has 0 radical (unpaired) electrons. The summed E-state index contributed by atoms with van der Waals surface area (Å²) in [7, 11) is 0. The molecule has 114 valence electrons. The van der Waals surface area contributed by atoms with Crippen LogP contribution in [0.4, 0.5) is 13.2 Å². The van der Waals surface area contributed by atoms with Crippen molar-refractivity contribution >= 4 is 12.4 Å². The number of aromatic nitrogens is 2. The molecule has 2 aromatic rings. The maximum absolute atomic E-state index is 13.0. The van der Waals surface area contributed by atoms with Crippen molar-refractivity contribution in [3.63, 3.8) is 0 Å². The Bertz CT molecular complexity index is 611. The van der Waals surface area contributed by atoms with Crippen LogP contribution in [0.3, 0.4) is 0 Å². The second-order valence-electron chi connectivity index (χ2n) is 4.82. The van der Waals surface area contributed by atoms with Gasteiger partial charge in [-0.05, 0) is 30.7 Å². The minimum absolute atomic E-state index is 0. The van der Waals surface area contributed by atoms with Gasteiger partial charge in [0.2, 0.25) is 0 Å². The Labute approximate surface area is 126 Å². The molecule has 21 heavy (non-hydrogen) atoms. The van der Waals surface area contributed by atoms with Crippen LogP contribution in [0.2, 0.25) is 0 Å². The topological polar surface area (TPSA) is 29.9 Å². The molecular formula is C14H15ClF3N3. The highest BCUT2D eigenvalue weighted by atomic mass is 35.5. The van der Waals surface area contributed by atoms with Crippen LogP contribution in [0.25, 0.3) is 0 Å². The molecule has 1 N–H and O–H groups in total. The molecule has 0 saturated heterocycles. The minimum atomic E-state index is -2.56. The standard InChI is InChI=1S/C14H14F3N3.ClH/c15-10-3-1-9(2-4-10)8-20-12-7-18-6-5-11(12)13(19-20)14(16)17;/h1-4,14,18H,5-8H2;1H. The lowest BCUT2D eigenvalue weighted by Gasteiger charge is -2.15. The van der Waals surface area contributed by atoms with Crippen LogP contribution in [0.5, 0.6) is 0 Å². The molecule has 1 aliphatic rings. The van der Waals surface area contributed by atoms with Crippen LogP contribution >= 0.6 is 12.4 Å². The lowest BCUT2D eigenvalue weighted by atomic mass is 10.1. The summed E-state index contributed by atoms with van der Waals surface area (Å²) in [4.78, 5) is 0. The highest BCUT2D eigenvalue weighted by Gasteiger charge is 2.25. The van der Waals surface area contributed by atoms with E-state index in [0.29, 0.717) is 31.6 Å². The SMILES string of the molecule is Cl.Fc1ccc(Cn2nc(C(F)F)c3c2CNCC3)cc1. The fourth-order valence-corrected chi connectivity index (χ4v) is 2.51. The van der Waals surface area contributed by atoms with Crippen molar-refractivity contribution in [2.45, 2.75) is 25.9 Å². The molecule has 3 nitrogen and oxygen atoms in total. The predicted octanol–water partition coefficient (Wildman–Crippen LogP) is 3.08. The third-order valence-corrected chi connectivity index (χ3v) is 3.49. The number of nitrogens with zero attached hydrogens (tertiary/aromatic N) is 2. The lowest BCUT2D eigenvalue weighted by molar-refractivity contribution is 0.144. The van der Waals surface area contributed by atoms with Crippen molar-refractivity contribution in [1.29, 1.82) is 0 Å². The summed E-state index contributed by atoms with van der Waals surface area (Å²) in [6, 6.07) is 6.00. The molecule has 0 saturated carbocycles. The van der Waals surface area contributed by atoms with E-state index in [4.69, 9.17) is 0 Å². The van der Waals surface area contributed by atoms with Gasteiger partial charge in [-0.3, -0.25) is 4.68 Å². The minimum Gasteiger partial charge on any atom is -0.311 e. The van der Waals surface area contributed by atoms with E-state index in [0.717, 1.165) is 11.3 Å². The molecule has 3 rings (SSSR count). The van der Waals surface area contributed by atoms with E-state index in [1.165, 1.54) is 12.1 Å². The van der Waals surface area contributed by atoms with Gasteiger partial charge in [0.15, 0.2) is 0 Å². The van der Waals surface area contributed by atoms with E-state index in [9.17, 15) is 13.2 Å². The summed E-state index contributed by atoms with van der Waals surface area (Å²) < 4.78 is 40.5.